The molecule has 0 saturated heterocycles. The number of methoxy groups -OCH3 is 1. The fraction of sp³-hybridized carbons (Fsp3) is 0.333. The largest absolute Gasteiger partial charge is 0.508 e. The van der Waals surface area contributed by atoms with Crippen LogP contribution in [0.5, 0.6) is 17.2 Å². The lowest BCUT2D eigenvalue weighted by molar-refractivity contribution is 0.419. The fourth-order valence-corrected chi connectivity index (χ4v) is 4.80. The molecule has 4 nitrogen and oxygen atoms in total. The van der Waals surface area contributed by atoms with Crippen molar-refractivity contribution >= 4 is 10.9 Å². The van der Waals surface area contributed by atoms with Crippen LogP contribution in [-0.4, -0.2) is 22.3 Å². The second-order valence-electron chi connectivity index (χ2n) is 11.1. The van der Waals surface area contributed by atoms with Gasteiger partial charge >= 0.3 is 0 Å². The Morgan fingerprint density at radius 2 is 1.41 bits per heavy atom. The Balaban J connectivity index is 2.11. The maximum absolute atomic E-state index is 11.3. The number of hydrogen-bond donors (Lipinski definition) is 3. The number of fused-ring (bicyclic) bond motifs is 1. The first-order valence-corrected chi connectivity index (χ1v) is 11.7. The zero-order valence-electron chi connectivity index (χ0n) is 21.2. The summed E-state index contributed by atoms with van der Waals surface area (Å²) in [5.41, 5.74) is 5.06. The number of aromatic hydroxyl groups is 2. The molecule has 1 heterocycles. The number of aromatic nitrogens is 1. The molecule has 0 radical (unpaired) electrons. The van der Waals surface area contributed by atoms with Crippen molar-refractivity contribution in [1.82, 2.24) is 4.98 Å². The highest BCUT2D eigenvalue weighted by atomic mass is 16.5. The molecule has 34 heavy (non-hydrogen) atoms. The minimum Gasteiger partial charge on any atom is -0.508 e. The molecule has 0 fully saturated rings. The third-order valence-electron chi connectivity index (χ3n) is 6.56. The van der Waals surface area contributed by atoms with Gasteiger partial charge < -0.3 is 19.9 Å². The van der Waals surface area contributed by atoms with Crippen LogP contribution in [0.25, 0.3) is 10.9 Å². The van der Waals surface area contributed by atoms with Crippen molar-refractivity contribution in [2.75, 3.05) is 7.11 Å². The van der Waals surface area contributed by atoms with E-state index < -0.39 is 0 Å². The Hall–Kier alpha value is -3.40. The van der Waals surface area contributed by atoms with E-state index in [0.29, 0.717) is 5.75 Å². The van der Waals surface area contributed by atoms with Gasteiger partial charge in [0.25, 0.3) is 0 Å². The topological polar surface area (TPSA) is 65.5 Å². The Morgan fingerprint density at radius 1 is 0.794 bits per heavy atom. The molecule has 0 aliphatic rings. The van der Waals surface area contributed by atoms with Crippen molar-refractivity contribution in [3.63, 3.8) is 0 Å². The average Bonchev–Trinajstić information content (AvgIpc) is 3.18. The van der Waals surface area contributed by atoms with Gasteiger partial charge in [-0.05, 0) is 51.3 Å². The second-order valence-corrected chi connectivity index (χ2v) is 11.1. The first-order chi connectivity index (χ1) is 15.9. The Kier molecular flexibility index (Phi) is 5.89. The quantitative estimate of drug-likeness (QED) is 0.300. The fourth-order valence-electron chi connectivity index (χ4n) is 4.80. The number of aromatic amines is 1. The summed E-state index contributed by atoms with van der Waals surface area (Å²) in [6.45, 7) is 12.7. The van der Waals surface area contributed by atoms with E-state index in [-0.39, 0.29) is 22.5 Å². The number of rotatable bonds is 4. The molecule has 3 aromatic carbocycles. The molecule has 178 valence electrons. The first-order valence-electron chi connectivity index (χ1n) is 11.7. The summed E-state index contributed by atoms with van der Waals surface area (Å²) in [7, 11) is 1.68. The van der Waals surface area contributed by atoms with Crippen LogP contribution in [0.1, 0.15) is 75.3 Å². The molecule has 1 atom stereocenters. The minimum absolute atomic E-state index is 0.236. The van der Waals surface area contributed by atoms with Crippen molar-refractivity contribution in [2.24, 2.45) is 0 Å². The van der Waals surface area contributed by atoms with E-state index in [4.69, 9.17) is 4.74 Å². The lowest BCUT2D eigenvalue weighted by Crippen LogP contribution is -2.19. The van der Waals surface area contributed by atoms with Crippen LogP contribution in [0.3, 0.4) is 0 Å². The summed E-state index contributed by atoms with van der Waals surface area (Å²) < 4.78 is 5.73. The highest BCUT2D eigenvalue weighted by Gasteiger charge is 2.31. The molecule has 4 heteroatoms. The van der Waals surface area contributed by atoms with Gasteiger partial charge in [0, 0.05) is 28.6 Å². The maximum atomic E-state index is 11.3. The molecular formula is C30H35NO3. The zero-order chi connectivity index (χ0) is 24.8. The van der Waals surface area contributed by atoms with Crippen LogP contribution in [0.15, 0.2) is 60.8 Å². The number of phenolic OH excluding ortho intramolecular Hbond substituents is 2. The van der Waals surface area contributed by atoms with Gasteiger partial charge in [-0.3, -0.25) is 0 Å². The SMILES string of the molecule is COc1cccc2[nH]cc([C@@H](c3cc(C(C)(C)C)c(O)c(C(C)(C)C)c3)c3ccccc3O)c12. The Labute approximate surface area is 202 Å². The van der Waals surface area contributed by atoms with Gasteiger partial charge in [-0.1, -0.05) is 77.9 Å². The molecule has 3 N–H and O–H groups in total. The number of nitrogens with one attached hydrogen (secondary N) is 1. The number of hydrogen-bond acceptors (Lipinski definition) is 3. The molecule has 0 bridgehead atoms. The summed E-state index contributed by atoms with van der Waals surface area (Å²) in [6.07, 6.45) is 2.00. The normalized spacial score (nSPS) is 13.3. The van der Waals surface area contributed by atoms with Crippen LogP contribution in [0.2, 0.25) is 0 Å². The third kappa shape index (κ3) is 4.13. The van der Waals surface area contributed by atoms with E-state index >= 15 is 0 Å². The Bertz CT molecular complexity index is 1300. The number of H-pyrrole nitrogens is 1. The molecule has 0 spiro atoms. The number of benzene rings is 3. The number of ether oxygens (including phenoxy) is 1. The maximum Gasteiger partial charge on any atom is 0.128 e. The number of para-hydroxylation sites is 1. The first kappa shape index (κ1) is 23.7. The molecule has 0 amide bonds. The van der Waals surface area contributed by atoms with Crippen molar-refractivity contribution in [3.8, 4) is 17.2 Å². The summed E-state index contributed by atoms with van der Waals surface area (Å²) in [6, 6.07) is 17.6. The van der Waals surface area contributed by atoms with Gasteiger partial charge in [-0.2, -0.15) is 0 Å². The van der Waals surface area contributed by atoms with Crippen molar-refractivity contribution in [2.45, 2.75) is 58.3 Å². The zero-order valence-corrected chi connectivity index (χ0v) is 21.2. The van der Waals surface area contributed by atoms with E-state index in [9.17, 15) is 10.2 Å². The highest BCUT2D eigenvalue weighted by molar-refractivity contribution is 5.91. The summed E-state index contributed by atoms with van der Waals surface area (Å²) in [5, 5.41) is 23.2. The summed E-state index contributed by atoms with van der Waals surface area (Å²) in [4.78, 5) is 3.39. The standard InChI is InChI=1S/C30H35NO3/c1-29(2,3)21-15-18(16-22(28(21)33)30(4,5)6)26(19-11-8-9-13-24(19)32)20-17-31-23-12-10-14-25(34-7)27(20)23/h8-17,26,31-33H,1-7H3/t26-/m0/s1. The second kappa shape index (κ2) is 8.43. The van der Waals surface area contributed by atoms with Gasteiger partial charge in [0.2, 0.25) is 0 Å². The third-order valence-corrected chi connectivity index (χ3v) is 6.56. The average molecular weight is 458 g/mol. The van der Waals surface area contributed by atoms with Crippen LogP contribution in [0.4, 0.5) is 0 Å². The monoisotopic (exact) mass is 457 g/mol. The predicted molar refractivity (Wildman–Crippen MR) is 139 cm³/mol. The molecule has 0 aliphatic carbocycles. The molecule has 0 saturated carbocycles. The van der Waals surface area contributed by atoms with E-state index in [1.54, 1.807) is 13.2 Å². The van der Waals surface area contributed by atoms with Gasteiger partial charge in [0.1, 0.15) is 17.2 Å². The molecule has 4 rings (SSSR count). The molecule has 4 aromatic rings. The van der Waals surface area contributed by atoms with Gasteiger partial charge in [0.05, 0.1) is 7.11 Å². The molecular weight excluding hydrogens is 422 g/mol. The van der Waals surface area contributed by atoms with Crippen LogP contribution < -0.4 is 4.74 Å². The van der Waals surface area contributed by atoms with Crippen LogP contribution in [-0.2, 0) is 10.8 Å². The van der Waals surface area contributed by atoms with Crippen LogP contribution >= 0.6 is 0 Å². The summed E-state index contributed by atoms with van der Waals surface area (Å²) >= 11 is 0. The van der Waals surface area contributed by atoms with Crippen molar-refractivity contribution in [3.05, 3.63) is 88.6 Å². The minimum atomic E-state index is -0.269. The summed E-state index contributed by atoms with van der Waals surface area (Å²) in [5.74, 6) is 1.09. The molecule has 1 aromatic heterocycles. The van der Waals surface area contributed by atoms with E-state index in [0.717, 1.165) is 44.5 Å². The lowest BCUT2D eigenvalue weighted by atomic mass is 9.75. The predicted octanol–water partition coefficient (Wildman–Crippen LogP) is 7.36. The van der Waals surface area contributed by atoms with Gasteiger partial charge in [0.15, 0.2) is 0 Å². The van der Waals surface area contributed by atoms with Crippen molar-refractivity contribution in [1.29, 1.82) is 0 Å². The van der Waals surface area contributed by atoms with Crippen LogP contribution in [0, 0.1) is 0 Å². The van der Waals surface area contributed by atoms with E-state index in [2.05, 4.69) is 58.7 Å². The van der Waals surface area contributed by atoms with Gasteiger partial charge in [-0.15, -0.1) is 0 Å². The van der Waals surface area contributed by atoms with Gasteiger partial charge in [-0.25, -0.2) is 0 Å². The smallest absolute Gasteiger partial charge is 0.128 e. The highest BCUT2D eigenvalue weighted by Crippen LogP contribution is 2.47. The van der Waals surface area contributed by atoms with E-state index in [1.165, 1.54) is 0 Å². The molecule has 0 unspecified atom stereocenters. The molecule has 0 aliphatic heterocycles. The van der Waals surface area contributed by atoms with Crippen molar-refractivity contribution < 1.29 is 14.9 Å². The Morgan fingerprint density at radius 3 is 1.97 bits per heavy atom. The van der Waals surface area contributed by atoms with E-state index in [1.807, 2.05) is 42.6 Å². The number of phenols is 2. The lowest BCUT2D eigenvalue weighted by Gasteiger charge is -2.30.